The van der Waals surface area contributed by atoms with Crippen LogP contribution in [0.1, 0.15) is 209 Å². The van der Waals surface area contributed by atoms with Crippen LogP contribution in [-0.2, 0) is 4.74 Å². The van der Waals surface area contributed by atoms with Crippen molar-refractivity contribution in [2.45, 2.75) is 215 Å². The Labute approximate surface area is 307 Å². The molecule has 0 bridgehead atoms. The molecule has 8 atom stereocenters. The van der Waals surface area contributed by atoms with Gasteiger partial charge in [-0.25, -0.2) is 0 Å². The number of ether oxygens (including phenoxy) is 1. The predicted molar refractivity (Wildman–Crippen MR) is 217 cm³/mol. The summed E-state index contributed by atoms with van der Waals surface area (Å²) in [5.74, 6) is 6.95. The Kier molecular flexibility index (Phi) is 20.2. The molecule has 4 rings (SSSR count). The van der Waals surface area contributed by atoms with Gasteiger partial charge in [0.25, 0.3) is 0 Å². The first kappa shape index (κ1) is 42.5. The minimum Gasteiger partial charge on any atom is -0.378 e. The van der Waals surface area contributed by atoms with E-state index in [-0.39, 0.29) is 0 Å². The van der Waals surface area contributed by atoms with E-state index in [0.29, 0.717) is 16.9 Å². The first-order valence-electron chi connectivity index (χ1n) is 22.1. The monoisotopic (exact) mass is 687 g/mol. The summed E-state index contributed by atoms with van der Waals surface area (Å²) < 4.78 is 6.56. The third-order valence-electron chi connectivity index (χ3n) is 14.4. The first-order chi connectivity index (χ1) is 23.3. The third kappa shape index (κ3) is 12.3. The lowest BCUT2D eigenvalue weighted by atomic mass is 9.47. The maximum Gasteiger partial charge on any atom is 0.0612 e. The number of hydrogen-bond donors (Lipinski definition) is 0. The van der Waals surface area contributed by atoms with E-state index < -0.39 is 0 Å². The van der Waals surface area contributed by atoms with Crippen LogP contribution >= 0.6 is 11.8 Å². The fourth-order valence-corrected chi connectivity index (χ4v) is 12.0. The lowest BCUT2D eigenvalue weighted by Crippen LogP contribution is -2.51. The summed E-state index contributed by atoms with van der Waals surface area (Å²) in [6.45, 7) is 17.8. The molecule has 0 heterocycles. The van der Waals surface area contributed by atoms with Gasteiger partial charge in [-0.05, 0) is 123 Å². The lowest BCUT2D eigenvalue weighted by molar-refractivity contribution is -0.0641. The summed E-state index contributed by atoms with van der Waals surface area (Å²) in [6.07, 6.45) is 41.1. The predicted octanol–water partition coefficient (Wildman–Crippen LogP) is 15.3. The summed E-state index contributed by atoms with van der Waals surface area (Å²) in [6, 6.07) is 0. The zero-order valence-corrected chi connectivity index (χ0v) is 34.8. The number of unbranched alkanes of at least 4 members (excludes halogenated alkanes) is 13. The normalized spacial score (nSPS) is 31.8. The molecule has 8 unspecified atom stereocenters. The molecule has 0 radical (unpaired) electrons. The van der Waals surface area contributed by atoms with E-state index >= 15 is 0 Å². The van der Waals surface area contributed by atoms with E-state index in [0.717, 1.165) is 42.1 Å². The Balaban J connectivity index is 0.00000307. The van der Waals surface area contributed by atoms with Gasteiger partial charge in [0, 0.05) is 6.61 Å². The van der Waals surface area contributed by atoms with Gasteiger partial charge in [-0.15, -0.1) is 0 Å². The highest BCUT2D eigenvalue weighted by Gasteiger charge is 2.59. The number of rotatable bonds is 23. The van der Waals surface area contributed by atoms with Crippen LogP contribution in [0.4, 0.5) is 0 Å². The Morgan fingerprint density at radius 2 is 1.31 bits per heavy atom. The highest BCUT2D eigenvalue weighted by molar-refractivity contribution is 7.98. The van der Waals surface area contributed by atoms with Crippen LogP contribution in [0.3, 0.4) is 0 Å². The number of hydrogen-bond acceptors (Lipinski definition) is 2. The number of fused-ring (bicyclic) bond motifs is 5. The van der Waals surface area contributed by atoms with Crippen LogP contribution in [0.25, 0.3) is 0 Å². The van der Waals surface area contributed by atoms with Gasteiger partial charge in [0.05, 0.1) is 6.10 Å². The average Bonchev–Trinajstić information content (AvgIpc) is 3.44. The van der Waals surface area contributed by atoms with E-state index in [4.69, 9.17) is 4.74 Å². The number of thioether (sulfide) groups is 1. The van der Waals surface area contributed by atoms with Crippen molar-refractivity contribution in [3.05, 3.63) is 11.6 Å². The number of allylic oxidation sites excluding steroid dienone is 1. The Morgan fingerprint density at radius 1 is 0.708 bits per heavy atom. The highest BCUT2D eigenvalue weighted by Crippen LogP contribution is 2.67. The van der Waals surface area contributed by atoms with Crippen molar-refractivity contribution >= 4 is 11.8 Å². The molecular formula is C46H86OS. The molecule has 0 saturated heterocycles. The topological polar surface area (TPSA) is 9.23 Å². The smallest absolute Gasteiger partial charge is 0.0612 e. The zero-order valence-electron chi connectivity index (χ0n) is 34.0. The molecular weight excluding hydrogens is 601 g/mol. The lowest BCUT2D eigenvalue weighted by Gasteiger charge is -2.58. The summed E-state index contributed by atoms with van der Waals surface area (Å²) in [5, 5.41) is 0. The molecule has 4 aliphatic rings. The molecule has 0 aliphatic heterocycles. The standard InChI is InChI=1S/C44H80OS.C2H6/c1-35(2)22-21-23-36(3)40-26-27-41-39-25-24-37-34-38(28-30-43(37,4)42(39)29-31-44(40,41)5)45-32-19-17-15-13-11-9-7-8-10-12-14-16-18-20-33-46-6;1-2/h24,35-36,38-42H,7-23,25-34H2,1-6H3;1-2H3. The summed E-state index contributed by atoms with van der Waals surface area (Å²) in [5.41, 5.74) is 2.86. The van der Waals surface area contributed by atoms with E-state index in [9.17, 15) is 0 Å². The van der Waals surface area contributed by atoms with E-state index in [1.54, 1.807) is 5.57 Å². The molecule has 0 aromatic heterocycles. The third-order valence-corrected chi connectivity index (χ3v) is 15.1. The molecule has 0 N–H and O–H groups in total. The summed E-state index contributed by atoms with van der Waals surface area (Å²) >= 11 is 2.00. The van der Waals surface area contributed by atoms with Crippen molar-refractivity contribution in [2.24, 2.45) is 46.3 Å². The Hall–Kier alpha value is 0.0500. The van der Waals surface area contributed by atoms with Gasteiger partial charge in [-0.2, -0.15) is 11.8 Å². The first-order valence-corrected chi connectivity index (χ1v) is 23.5. The summed E-state index contributed by atoms with van der Waals surface area (Å²) in [7, 11) is 0. The summed E-state index contributed by atoms with van der Waals surface area (Å²) in [4.78, 5) is 0. The second-order valence-electron chi connectivity index (χ2n) is 18.0. The SMILES string of the molecule is CC.CSCCCCCCCCCCCCCCCCOC1CCC2(C)C(=CCC3C2CCC2(C)C(C(C)CCCC(C)C)CCC32)C1. The fourth-order valence-electron chi connectivity index (χ4n) is 11.5. The van der Waals surface area contributed by atoms with Gasteiger partial charge >= 0.3 is 0 Å². The van der Waals surface area contributed by atoms with Gasteiger partial charge in [0.15, 0.2) is 0 Å². The zero-order chi connectivity index (χ0) is 34.8. The van der Waals surface area contributed by atoms with Crippen molar-refractivity contribution in [3.63, 3.8) is 0 Å². The Morgan fingerprint density at radius 3 is 1.92 bits per heavy atom. The van der Waals surface area contributed by atoms with Crippen molar-refractivity contribution in [3.8, 4) is 0 Å². The molecule has 0 amide bonds. The maximum atomic E-state index is 6.56. The molecule has 0 aromatic carbocycles. The van der Waals surface area contributed by atoms with E-state index in [2.05, 4.69) is 47.0 Å². The van der Waals surface area contributed by atoms with E-state index in [1.165, 1.54) is 166 Å². The van der Waals surface area contributed by atoms with Crippen LogP contribution < -0.4 is 0 Å². The van der Waals surface area contributed by atoms with Crippen molar-refractivity contribution in [2.75, 3.05) is 18.6 Å². The average molecular weight is 687 g/mol. The molecule has 282 valence electrons. The van der Waals surface area contributed by atoms with Crippen molar-refractivity contribution in [1.82, 2.24) is 0 Å². The second-order valence-corrected chi connectivity index (χ2v) is 19.0. The molecule has 0 spiro atoms. The minimum absolute atomic E-state index is 0.457. The molecule has 3 saturated carbocycles. The minimum atomic E-state index is 0.457. The van der Waals surface area contributed by atoms with Gasteiger partial charge in [0.2, 0.25) is 0 Å². The van der Waals surface area contributed by atoms with Crippen LogP contribution in [-0.4, -0.2) is 24.7 Å². The van der Waals surface area contributed by atoms with E-state index in [1.807, 2.05) is 25.6 Å². The van der Waals surface area contributed by atoms with Crippen molar-refractivity contribution in [1.29, 1.82) is 0 Å². The molecule has 2 heteroatoms. The van der Waals surface area contributed by atoms with Gasteiger partial charge < -0.3 is 4.74 Å². The Bertz CT molecular complexity index is 864. The van der Waals surface area contributed by atoms with Crippen molar-refractivity contribution < 1.29 is 4.74 Å². The quantitative estimate of drug-likeness (QED) is 0.0781. The molecule has 1 nitrogen and oxygen atoms in total. The van der Waals surface area contributed by atoms with Crippen LogP contribution in [0.2, 0.25) is 0 Å². The molecule has 0 aromatic rings. The fraction of sp³-hybridized carbons (Fsp3) is 0.957. The van der Waals surface area contributed by atoms with Crippen LogP contribution in [0, 0.1) is 46.3 Å². The molecule has 48 heavy (non-hydrogen) atoms. The van der Waals surface area contributed by atoms with Gasteiger partial charge in [-0.1, -0.05) is 156 Å². The maximum absolute atomic E-state index is 6.56. The molecule has 4 aliphatic carbocycles. The largest absolute Gasteiger partial charge is 0.378 e. The highest BCUT2D eigenvalue weighted by atomic mass is 32.2. The second kappa shape index (κ2) is 22.9. The van der Waals surface area contributed by atoms with Crippen LogP contribution in [0.15, 0.2) is 11.6 Å². The van der Waals surface area contributed by atoms with Gasteiger partial charge in [-0.3, -0.25) is 0 Å². The van der Waals surface area contributed by atoms with Gasteiger partial charge in [0.1, 0.15) is 0 Å². The molecule has 3 fully saturated rings. The van der Waals surface area contributed by atoms with Crippen LogP contribution in [0.5, 0.6) is 0 Å².